The molecule has 5 rings (SSSR count). The fraction of sp³-hybridized carbons (Fsp3) is 0.125. The van der Waals surface area contributed by atoms with E-state index in [0.717, 1.165) is 22.5 Å². The lowest BCUT2D eigenvalue weighted by Gasteiger charge is -2.26. The summed E-state index contributed by atoms with van der Waals surface area (Å²) in [5.41, 5.74) is 11.7. The molecule has 0 amide bonds. The molecule has 0 atom stereocenters. The lowest BCUT2D eigenvalue weighted by molar-refractivity contribution is 1.26. The third-order valence-corrected chi connectivity index (χ3v) is 7.10. The van der Waals surface area contributed by atoms with Gasteiger partial charge in [0.05, 0.1) is 0 Å². The van der Waals surface area contributed by atoms with Crippen LogP contribution in [0.4, 0.5) is 17.1 Å². The Kier molecular flexibility index (Phi) is 5.75. The van der Waals surface area contributed by atoms with E-state index in [-0.39, 0.29) is 0 Å². The van der Waals surface area contributed by atoms with Crippen LogP contribution in [0.3, 0.4) is 0 Å². The molecule has 1 nitrogen and oxygen atoms in total. The van der Waals surface area contributed by atoms with Gasteiger partial charge in [-0.05, 0) is 97.1 Å². The molecule has 0 heterocycles. The molecule has 0 aliphatic heterocycles. The Morgan fingerprint density at radius 3 is 1.68 bits per heavy atom. The summed E-state index contributed by atoms with van der Waals surface area (Å²) in [5.74, 6) is 0. The lowest BCUT2D eigenvalue weighted by Crippen LogP contribution is -2.16. The monoisotopic (exact) mass is 437 g/mol. The fourth-order valence-electron chi connectivity index (χ4n) is 4.89. The molecule has 34 heavy (non-hydrogen) atoms. The number of benzene rings is 5. The van der Waals surface area contributed by atoms with E-state index in [4.69, 9.17) is 7.85 Å². The Balaban J connectivity index is 1.63. The molecule has 0 bridgehead atoms. The number of anilines is 3. The van der Waals surface area contributed by atoms with Crippen molar-refractivity contribution < 1.29 is 0 Å². The summed E-state index contributed by atoms with van der Waals surface area (Å²) in [6.07, 6.45) is 0. The van der Waals surface area contributed by atoms with Gasteiger partial charge in [0.15, 0.2) is 0 Å². The lowest BCUT2D eigenvalue weighted by atomic mass is 9.78. The van der Waals surface area contributed by atoms with E-state index in [1.807, 2.05) is 0 Å². The van der Waals surface area contributed by atoms with Crippen LogP contribution in [-0.2, 0) is 0 Å². The van der Waals surface area contributed by atoms with Crippen molar-refractivity contribution in [1.29, 1.82) is 0 Å². The van der Waals surface area contributed by atoms with Gasteiger partial charge in [-0.15, -0.1) is 0 Å². The standard InChI is InChI=1S/C32H28BN/c1-21-23(3)32(33)24(4)22(2)31(21)26-15-17-29(18-16-26)34(28-12-6-5-7-13-28)30-19-14-25-10-8-9-11-27(25)20-30/h5-20H,1-4H3. The van der Waals surface area contributed by atoms with Gasteiger partial charge in [0.2, 0.25) is 0 Å². The minimum atomic E-state index is 0.905. The maximum atomic E-state index is 6.36. The maximum absolute atomic E-state index is 6.36. The number of rotatable bonds is 4. The van der Waals surface area contributed by atoms with Gasteiger partial charge in [0.25, 0.3) is 0 Å². The average molecular weight is 437 g/mol. The number of fused-ring (bicyclic) bond motifs is 1. The van der Waals surface area contributed by atoms with Gasteiger partial charge in [-0.3, -0.25) is 0 Å². The van der Waals surface area contributed by atoms with Gasteiger partial charge in [-0.25, -0.2) is 0 Å². The second-order valence-electron chi connectivity index (χ2n) is 9.04. The van der Waals surface area contributed by atoms with Crippen LogP contribution >= 0.6 is 0 Å². The molecule has 0 fully saturated rings. The molecule has 5 aromatic carbocycles. The van der Waals surface area contributed by atoms with Crippen LogP contribution in [0.5, 0.6) is 0 Å². The molecule has 5 aromatic rings. The van der Waals surface area contributed by atoms with E-state index in [0.29, 0.717) is 0 Å². The Bertz CT molecular complexity index is 1450. The Morgan fingerprint density at radius 1 is 0.500 bits per heavy atom. The van der Waals surface area contributed by atoms with Crippen molar-refractivity contribution in [2.75, 3.05) is 4.90 Å². The maximum Gasteiger partial charge on any atom is 0.114 e. The van der Waals surface area contributed by atoms with E-state index >= 15 is 0 Å². The summed E-state index contributed by atoms with van der Waals surface area (Å²) in [6.45, 7) is 8.58. The van der Waals surface area contributed by atoms with Crippen LogP contribution < -0.4 is 10.4 Å². The zero-order valence-corrected chi connectivity index (χ0v) is 20.3. The van der Waals surface area contributed by atoms with Crippen molar-refractivity contribution in [3.05, 3.63) is 119 Å². The molecule has 0 saturated heterocycles. The third-order valence-electron chi connectivity index (χ3n) is 7.10. The van der Waals surface area contributed by atoms with E-state index < -0.39 is 0 Å². The molecule has 0 aliphatic rings. The largest absolute Gasteiger partial charge is 0.310 e. The Labute approximate surface area is 204 Å². The first-order chi connectivity index (χ1) is 16.5. The van der Waals surface area contributed by atoms with Crippen molar-refractivity contribution in [3.8, 4) is 11.1 Å². The summed E-state index contributed by atoms with van der Waals surface area (Å²) in [4.78, 5) is 2.31. The predicted molar refractivity (Wildman–Crippen MR) is 148 cm³/mol. The van der Waals surface area contributed by atoms with Gasteiger partial charge in [0.1, 0.15) is 7.85 Å². The summed E-state index contributed by atoms with van der Waals surface area (Å²) in [5, 5.41) is 2.48. The predicted octanol–water partition coefficient (Wildman–Crippen LogP) is 8.00. The van der Waals surface area contributed by atoms with E-state index in [1.165, 1.54) is 44.2 Å². The van der Waals surface area contributed by atoms with E-state index in [9.17, 15) is 0 Å². The second-order valence-corrected chi connectivity index (χ2v) is 9.04. The van der Waals surface area contributed by atoms with Gasteiger partial charge < -0.3 is 4.90 Å². The second kappa shape index (κ2) is 8.87. The quantitative estimate of drug-likeness (QED) is 0.258. The summed E-state index contributed by atoms with van der Waals surface area (Å²) in [6, 6.07) is 34.6. The van der Waals surface area contributed by atoms with Crippen molar-refractivity contribution >= 4 is 41.1 Å². The van der Waals surface area contributed by atoms with Crippen LogP contribution in [0.1, 0.15) is 22.3 Å². The first kappa shape index (κ1) is 22.0. The number of hydrogen-bond donors (Lipinski definition) is 0. The van der Waals surface area contributed by atoms with Crippen LogP contribution in [0.25, 0.3) is 21.9 Å². The van der Waals surface area contributed by atoms with Crippen molar-refractivity contribution in [2.24, 2.45) is 0 Å². The van der Waals surface area contributed by atoms with Gasteiger partial charge in [-0.1, -0.05) is 77.3 Å². The molecule has 0 aromatic heterocycles. The third kappa shape index (κ3) is 3.80. The summed E-state index contributed by atoms with van der Waals surface area (Å²) >= 11 is 0. The van der Waals surface area contributed by atoms with Crippen LogP contribution in [0, 0.1) is 27.7 Å². The zero-order valence-electron chi connectivity index (χ0n) is 20.3. The summed E-state index contributed by atoms with van der Waals surface area (Å²) < 4.78 is 0. The highest BCUT2D eigenvalue weighted by molar-refractivity contribution is 6.34. The molecular weight excluding hydrogens is 409 g/mol. The first-order valence-corrected chi connectivity index (χ1v) is 11.8. The number of hydrogen-bond acceptors (Lipinski definition) is 1. The number of para-hydroxylation sites is 1. The smallest absolute Gasteiger partial charge is 0.114 e. The normalized spacial score (nSPS) is 11.1. The van der Waals surface area contributed by atoms with Crippen LogP contribution in [0.15, 0.2) is 97.1 Å². The van der Waals surface area contributed by atoms with Crippen molar-refractivity contribution in [1.82, 2.24) is 0 Å². The Hall–Kier alpha value is -3.78. The molecule has 2 heteroatoms. The van der Waals surface area contributed by atoms with Gasteiger partial charge >= 0.3 is 0 Å². The molecule has 0 aliphatic carbocycles. The number of nitrogens with zero attached hydrogens (tertiary/aromatic N) is 1. The van der Waals surface area contributed by atoms with Gasteiger partial charge in [-0.2, -0.15) is 0 Å². The van der Waals surface area contributed by atoms with Crippen LogP contribution in [-0.4, -0.2) is 7.85 Å². The van der Waals surface area contributed by atoms with E-state index in [2.05, 4.69) is 130 Å². The molecule has 164 valence electrons. The highest BCUT2D eigenvalue weighted by atomic mass is 15.1. The average Bonchev–Trinajstić information content (AvgIpc) is 2.88. The van der Waals surface area contributed by atoms with Crippen LogP contribution in [0.2, 0.25) is 0 Å². The Morgan fingerprint density at radius 2 is 1.03 bits per heavy atom. The minimum absolute atomic E-state index is 0.905. The molecule has 0 saturated carbocycles. The highest BCUT2D eigenvalue weighted by Gasteiger charge is 2.16. The summed E-state index contributed by atoms with van der Waals surface area (Å²) in [7, 11) is 6.36. The van der Waals surface area contributed by atoms with Gasteiger partial charge in [0, 0.05) is 17.1 Å². The highest BCUT2D eigenvalue weighted by Crippen LogP contribution is 2.38. The SMILES string of the molecule is [B]c1c(C)c(C)c(-c2ccc(N(c3ccccc3)c3ccc4ccccc4c3)cc2)c(C)c1C. The molecular formula is C32H28BN. The first-order valence-electron chi connectivity index (χ1n) is 11.8. The minimum Gasteiger partial charge on any atom is -0.310 e. The molecule has 0 unspecified atom stereocenters. The van der Waals surface area contributed by atoms with E-state index in [1.54, 1.807) is 0 Å². The zero-order chi connectivity index (χ0) is 23.8. The molecule has 2 radical (unpaired) electrons. The fourth-order valence-corrected chi connectivity index (χ4v) is 4.89. The van der Waals surface area contributed by atoms with Crippen molar-refractivity contribution in [2.45, 2.75) is 27.7 Å². The molecule has 0 spiro atoms. The molecule has 0 N–H and O–H groups in total. The van der Waals surface area contributed by atoms with Crippen molar-refractivity contribution in [3.63, 3.8) is 0 Å². The topological polar surface area (TPSA) is 3.24 Å².